The van der Waals surface area contributed by atoms with Crippen LogP contribution in [-0.4, -0.2) is 22.0 Å². The van der Waals surface area contributed by atoms with E-state index in [1.165, 1.54) is 0 Å². The number of aromatic nitrogens is 2. The summed E-state index contributed by atoms with van der Waals surface area (Å²) in [6.45, 7) is 0.578. The molecule has 0 atom stereocenters. The highest BCUT2D eigenvalue weighted by molar-refractivity contribution is 6.21. The molecule has 3 N–H and O–H groups in total. The lowest BCUT2D eigenvalue weighted by atomic mass is 10.1. The maximum atomic E-state index is 11.5. The zero-order chi connectivity index (χ0) is 12.5. The highest BCUT2D eigenvalue weighted by Crippen LogP contribution is 2.20. The number of fused-ring (bicyclic) bond motifs is 1. The number of aromatic amines is 1. The Bertz CT molecular complexity index is 619. The van der Waals surface area contributed by atoms with Crippen LogP contribution >= 0.6 is 0 Å². The van der Waals surface area contributed by atoms with Gasteiger partial charge in [-0.05, 0) is 24.3 Å². The first-order valence-electron chi connectivity index (χ1n) is 5.46. The number of hydrogen-bond acceptors (Lipinski definition) is 4. The van der Waals surface area contributed by atoms with Gasteiger partial charge < -0.3 is 5.32 Å². The van der Waals surface area contributed by atoms with Crippen LogP contribution in [0, 0.1) is 0 Å². The van der Waals surface area contributed by atoms with Crippen LogP contribution in [0.5, 0.6) is 0 Å². The molecule has 0 unspecified atom stereocenters. The summed E-state index contributed by atoms with van der Waals surface area (Å²) in [6.07, 6.45) is 1.67. The predicted octanol–water partition coefficient (Wildman–Crippen LogP) is 0.905. The molecule has 0 spiro atoms. The monoisotopic (exact) mass is 242 g/mol. The molecular formula is C12H10N4O2. The predicted molar refractivity (Wildman–Crippen MR) is 64.2 cm³/mol. The number of hydrogen-bond donors (Lipinski definition) is 3. The van der Waals surface area contributed by atoms with Crippen molar-refractivity contribution in [2.24, 2.45) is 0 Å². The molecule has 18 heavy (non-hydrogen) atoms. The van der Waals surface area contributed by atoms with E-state index in [-0.39, 0.29) is 11.8 Å². The summed E-state index contributed by atoms with van der Waals surface area (Å²) in [4.78, 5) is 22.9. The quantitative estimate of drug-likeness (QED) is 0.698. The Morgan fingerprint density at radius 1 is 1.11 bits per heavy atom. The summed E-state index contributed by atoms with van der Waals surface area (Å²) < 4.78 is 0. The Morgan fingerprint density at radius 3 is 2.72 bits per heavy atom. The molecule has 1 aromatic heterocycles. The van der Waals surface area contributed by atoms with E-state index in [0.29, 0.717) is 17.7 Å². The van der Waals surface area contributed by atoms with Gasteiger partial charge in [-0.3, -0.25) is 20.0 Å². The lowest BCUT2D eigenvalue weighted by Gasteiger charge is -2.05. The Hall–Kier alpha value is -2.63. The second kappa shape index (κ2) is 3.99. The molecule has 2 amide bonds. The van der Waals surface area contributed by atoms with Crippen molar-refractivity contribution in [2.75, 3.05) is 5.32 Å². The van der Waals surface area contributed by atoms with E-state index in [2.05, 4.69) is 20.8 Å². The third-order valence-corrected chi connectivity index (χ3v) is 2.78. The SMILES string of the molecule is O=C1NC(=O)c2cc(NCc3ccn[nH]3)ccc21. The molecule has 1 aliphatic rings. The molecule has 3 rings (SSSR count). The minimum atomic E-state index is -0.347. The molecule has 6 nitrogen and oxygen atoms in total. The number of carbonyl (C=O) groups is 2. The van der Waals surface area contributed by atoms with Gasteiger partial charge in [0, 0.05) is 11.9 Å². The molecule has 1 aromatic carbocycles. The Morgan fingerprint density at radius 2 is 1.94 bits per heavy atom. The second-order valence-electron chi connectivity index (χ2n) is 3.98. The molecule has 2 aromatic rings. The van der Waals surface area contributed by atoms with Gasteiger partial charge in [0.15, 0.2) is 0 Å². The second-order valence-corrected chi connectivity index (χ2v) is 3.98. The highest BCUT2D eigenvalue weighted by Gasteiger charge is 2.26. The van der Waals surface area contributed by atoms with Crippen LogP contribution in [0.3, 0.4) is 0 Å². The maximum Gasteiger partial charge on any atom is 0.259 e. The Kier molecular flexibility index (Phi) is 2.33. The third-order valence-electron chi connectivity index (χ3n) is 2.78. The van der Waals surface area contributed by atoms with Crippen LogP contribution in [0.4, 0.5) is 5.69 Å². The molecule has 0 radical (unpaired) electrons. The van der Waals surface area contributed by atoms with Crippen LogP contribution in [-0.2, 0) is 6.54 Å². The molecule has 0 saturated carbocycles. The minimum Gasteiger partial charge on any atom is -0.379 e. The molecule has 1 aliphatic heterocycles. The van der Waals surface area contributed by atoms with Crippen molar-refractivity contribution in [3.63, 3.8) is 0 Å². The Labute approximate surface area is 102 Å². The first-order chi connectivity index (χ1) is 8.74. The molecule has 0 bridgehead atoms. The van der Waals surface area contributed by atoms with Gasteiger partial charge in [-0.1, -0.05) is 0 Å². The summed E-state index contributed by atoms with van der Waals surface area (Å²) in [5, 5.41) is 12.1. The van der Waals surface area contributed by atoms with E-state index < -0.39 is 0 Å². The lowest BCUT2D eigenvalue weighted by Crippen LogP contribution is -2.19. The number of nitrogens with zero attached hydrogens (tertiary/aromatic N) is 1. The number of carbonyl (C=O) groups excluding carboxylic acids is 2. The van der Waals surface area contributed by atoms with Gasteiger partial charge >= 0.3 is 0 Å². The Balaban J connectivity index is 1.81. The summed E-state index contributed by atoms with van der Waals surface area (Å²) in [5.74, 6) is -0.685. The van der Waals surface area contributed by atoms with Crippen LogP contribution < -0.4 is 10.6 Å². The topological polar surface area (TPSA) is 86.9 Å². The fourth-order valence-corrected chi connectivity index (χ4v) is 1.86. The fourth-order valence-electron chi connectivity index (χ4n) is 1.86. The van der Waals surface area contributed by atoms with Crippen molar-refractivity contribution >= 4 is 17.5 Å². The largest absolute Gasteiger partial charge is 0.379 e. The minimum absolute atomic E-state index is 0.338. The van der Waals surface area contributed by atoms with Gasteiger partial charge in [-0.2, -0.15) is 5.10 Å². The summed E-state index contributed by atoms with van der Waals surface area (Å²) in [7, 11) is 0. The van der Waals surface area contributed by atoms with E-state index in [4.69, 9.17) is 0 Å². The molecule has 6 heteroatoms. The van der Waals surface area contributed by atoms with Crippen molar-refractivity contribution in [2.45, 2.75) is 6.54 Å². The smallest absolute Gasteiger partial charge is 0.259 e. The number of H-pyrrole nitrogens is 1. The molecular weight excluding hydrogens is 232 g/mol. The zero-order valence-electron chi connectivity index (χ0n) is 9.36. The van der Waals surface area contributed by atoms with Gasteiger partial charge in [0.1, 0.15) is 0 Å². The molecule has 2 heterocycles. The number of nitrogens with one attached hydrogen (secondary N) is 3. The average molecular weight is 242 g/mol. The molecule has 0 aliphatic carbocycles. The summed E-state index contributed by atoms with van der Waals surface area (Å²) in [5.41, 5.74) is 2.56. The van der Waals surface area contributed by atoms with Crippen molar-refractivity contribution < 1.29 is 9.59 Å². The van der Waals surface area contributed by atoms with E-state index in [0.717, 1.165) is 11.4 Å². The molecule has 0 fully saturated rings. The van der Waals surface area contributed by atoms with Crippen LogP contribution in [0.25, 0.3) is 0 Å². The first kappa shape index (κ1) is 10.5. The normalized spacial score (nSPS) is 13.3. The van der Waals surface area contributed by atoms with Crippen LogP contribution in [0.15, 0.2) is 30.5 Å². The van der Waals surface area contributed by atoms with Crippen LogP contribution in [0.1, 0.15) is 26.4 Å². The molecule has 0 saturated heterocycles. The van der Waals surface area contributed by atoms with Crippen LogP contribution in [0.2, 0.25) is 0 Å². The van der Waals surface area contributed by atoms with Crippen molar-refractivity contribution in [3.05, 3.63) is 47.3 Å². The van der Waals surface area contributed by atoms with Crippen molar-refractivity contribution in [3.8, 4) is 0 Å². The number of anilines is 1. The van der Waals surface area contributed by atoms with Gasteiger partial charge in [0.2, 0.25) is 0 Å². The van der Waals surface area contributed by atoms with E-state index in [1.807, 2.05) is 6.07 Å². The van der Waals surface area contributed by atoms with Crippen molar-refractivity contribution in [1.29, 1.82) is 0 Å². The number of amides is 2. The number of benzene rings is 1. The fraction of sp³-hybridized carbons (Fsp3) is 0.0833. The van der Waals surface area contributed by atoms with E-state index in [9.17, 15) is 9.59 Å². The standard InChI is InChI=1S/C12H10N4O2/c17-11-9-2-1-7(5-10(9)12(18)15-11)13-6-8-3-4-14-16-8/h1-5,13H,6H2,(H,14,16)(H,15,17,18). The highest BCUT2D eigenvalue weighted by atomic mass is 16.2. The van der Waals surface area contributed by atoms with Gasteiger partial charge in [0.25, 0.3) is 11.8 Å². The van der Waals surface area contributed by atoms with Gasteiger partial charge in [0.05, 0.1) is 23.4 Å². The lowest BCUT2D eigenvalue weighted by molar-refractivity contribution is 0.0879. The zero-order valence-corrected chi connectivity index (χ0v) is 9.36. The van der Waals surface area contributed by atoms with E-state index >= 15 is 0 Å². The van der Waals surface area contributed by atoms with E-state index in [1.54, 1.807) is 24.4 Å². The summed E-state index contributed by atoms with van der Waals surface area (Å²) in [6, 6.07) is 6.95. The molecule has 90 valence electrons. The number of imide groups is 1. The number of rotatable bonds is 3. The van der Waals surface area contributed by atoms with Gasteiger partial charge in [-0.25, -0.2) is 0 Å². The third kappa shape index (κ3) is 1.73. The van der Waals surface area contributed by atoms with Gasteiger partial charge in [-0.15, -0.1) is 0 Å². The average Bonchev–Trinajstić information content (AvgIpc) is 2.97. The summed E-state index contributed by atoms with van der Waals surface area (Å²) >= 11 is 0. The first-order valence-corrected chi connectivity index (χ1v) is 5.46. The maximum absolute atomic E-state index is 11.5. The van der Waals surface area contributed by atoms with Crippen molar-refractivity contribution in [1.82, 2.24) is 15.5 Å².